The molecule has 2 aromatic carbocycles. The fourth-order valence-electron chi connectivity index (χ4n) is 2.80. The van der Waals surface area contributed by atoms with Crippen molar-refractivity contribution in [3.8, 4) is 0 Å². The van der Waals surface area contributed by atoms with E-state index in [2.05, 4.69) is 92.5 Å². The van der Waals surface area contributed by atoms with Crippen LogP contribution in [0.5, 0.6) is 0 Å². The topological polar surface area (TPSA) is 88.0 Å². The summed E-state index contributed by atoms with van der Waals surface area (Å²) in [6.07, 6.45) is 3.75. The van der Waals surface area contributed by atoms with Crippen LogP contribution in [0.2, 0.25) is 0 Å². The number of thiol groups is 1. The first kappa shape index (κ1) is 22.3. The highest BCUT2D eigenvalue weighted by Gasteiger charge is 2.21. The second kappa shape index (κ2) is 10.4. The van der Waals surface area contributed by atoms with Crippen LogP contribution in [-0.2, 0) is 14.1 Å². The van der Waals surface area contributed by atoms with E-state index in [1.54, 1.807) is 13.3 Å². The van der Waals surface area contributed by atoms with Crippen LogP contribution in [0.3, 0.4) is 0 Å². The van der Waals surface area contributed by atoms with Gasteiger partial charge in [0, 0.05) is 0 Å². The number of aryl methyl sites for hydroxylation is 3. The number of rotatable bonds is 4. The summed E-state index contributed by atoms with van der Waals surface area (Å²) in [5.41, 5.74) is 7.24. The zero-order valence-electron chi connectivity index (χ0n) is 16.4. The van der Waals surface area contributed by atoms with Crippen molar-refractivity contribution < 1.29 is 14.6 Å². The lowest BCUT2D eigenvalue weighted by Crippen LogP contribution is -2.44. The highest BCUT2D eigenvalue weighted by Crippen LogP contribution is 2.24. The molecule has 0 bridgehead atoms. The van der Waals surface area contributed by atoms with E-state index in [1.807, 2.05) is 20.2 Å². The Hall–Kier alpha value is -2.71. The number of nitrogens with zero attached hydrogens (tertiary/aromatic N) is 4. The summed E-state index contributed by atoms with van der Waals surface area (Å²) in [6.45, 7) is 2.09. The van der Waals surface area contributed by atoms with E-state index in [0.29, 0.717) is 0 Å². The van der Waals surface area contributed by atoms with E-state index in [1.165, 1.54) is 5.56 Å². The molecule has 0 aliphatic carbocycles. The van der Waals surface area contributed by atoms with Gasteiger partial charge in [0.25, 0.3) is 0 Å². The third-order valence-electron chi connectivity index (χ3n) is 3.89. The molecule has 0 radical (unpaired) electrons. The highest BCUT2D eigenvalue weighted by atomic mass is 32.1. The summed E-state index contributed by atoms with van der Waals surface area (Å²) in [5.74, 6) is 1.02. The van der Waals surface area contributed by atoms with Crippen molar-refractivity contribution in [2.45, 2.75) is 6.92 Å². The number of benzene rings is 2. The van der Waals surface area contributed by atoms with Crippen molar-refractivity contribution in [2.24, 2.45) is 24.4 Å². The molecule has 8 heteroatoms. The van der Waals surface area contributed by atoms with Crippen LogP contribution in [0.4, 0.5) is 17.2 Å². The summed E-state index contributed by atoms with van der Waals surface area (Å²) in [5, 5.41) is 12.2. The molecule has 144 valence electrons. The summed E-state index contributed by atoms with van der Waals surface area (Å²) in [6, 6.07) is 14.5. The second-order valence-electron chi connectivity index (χ2n) is 5.82. The molecule has 0 atom stereocenters. The fourth-order valence-corrected chi connectivity index (χ4v) is 2.80. The van der Waals surface area contributed by atoms with Gasteiger partial charge in [0.1, 0.15) is 19.5 Å². The zero-order valence-corrected chi connectivity index (χ0v) is 17.2. The van der Waals surface area contributed by atoms with Crippen molar-refractivity contribution in [3.05, 3.63) is 54.4 Å². The average molecular weight is 389 g/mol. The minimum atomic E-state index is 0. The smallest absolute Gasteiger partial charge is 0.350 e. The monoisotopic (exact) mass is 388 g/mol. The van der Waals surface area contributed by atoms with E-state index in [4.69, 9.17) is 0 Å². The third-order valence-corrected chi connectivity index (χ3v) is 3.89. The van der Waals surface area contributed by atoms with Crippen LogP contribution < -0.4 is 19.9 Å². The highest BCUT2D eigenvalue weighted by molar-refractivity contribution is 7.79. The maximum atomic E-state index is 3.86. The Morgan fingerprint density at radius 1 is 0.963 bits per heavy atom. The number of anilines is 3. The van der Waals surface area contributed by atoms with Gasteiger partial charge in [-0.25, -0.2) is 9.88 Å². The molecular formula is C19H28N6OS+2. The second-order valence-corrected chi connectivity index (χ2v) is 5.82. The van der Waals surface area contributed by atoms with E-state index in [9.17, 15) is 0 Å². The van der Waals surface area contributed by atoms with Crippen LogP contribution in [0, 0.1) is 6.92 Å². The maximum absolute atomic E-state index is 3.86. The fraction of sp³-hybridized carbons (Fsp3) is 0.263. The summed E-state index contributed by atoms with van der Waals surface area (Å²) >= 11 is 3.53. The van der Waals surface area contributed by atoms with Gasteiger partial charge in [0.2, 0.25) is 0 Å². The molecule has 0 fully saturated rings. The van der Waals surface area contributed by atoms with Crippen LogP contribution in [0.1, 0.15) is 5.56 Å². The van der Waals surface area contributed by atoms with Gasteiger partial charge in [-0.2, -0.15) is 22.3 Å². The van der Waals surface area contributed by atoms with Gasteiger partial charge in [-0.3, -0.25) is 5.43 Å². The molecule has 7 nitrogen and oxygen atoms in total. The zero-order chi connectivity index (χ0) is 19.1. The van der Waals surface area contributed by atoms with Crippen molar-refractivity contribution >= 4 is 40.7 Å². The minimum absolute atomic E-state index is 0. The lowest BCUT2D eigenvalue weighted by atomic mass is 10.2. The van der Waals surface area contributed by atoms with E-state index in [-0.39, 0.29) is 5.48 Å². The van der Waals surface area contributed by atoms with E-state index >= 15 is 0 Å². The Kier molecular flexibility index (Phi) is 8.64. The van der Waals surface area contributed by atoms with Crippen molar-refractivity contribution in [3.63, 3.8) is 0 Å². The standard InChI is InChI=1S/C18H21N6.CH4S.H2O/c1-13-6-5-7-14(10-13)20-18-16-11-15(21-22-19-2)8-9-17(16)23(3)12-24(18)4;1-2;/h5-12H,1-4H3,(H,19,21);2H,1H3;1H2/q+1;;/p+1. The van der Waals surface area contributed by atoms with Gasteiger partial charge in [-0.1, -0.05) is 17.4 Å². The predicted octanol–water partition coefficient (Wildman–Crippen LogP) is 2.67. The minimum Gasteiger partial charge on any atom is -0.412 e. The van der Waals surface area contributed by atoms with Crippen molar-refractivity contribution in [2.75, 3.05) is 24.0 Å². The molecule has 4 N–H and O–H groups in total. The first-order valence-electron chi connectivity index (χ1n) is 8.24. The Balaban J connectivity index is 0.00000118. The molecule has 0 aliphatic heterocycles. The Morgan fingerprint density at radius 3 is 2.37 bits per heavy atom. The SMILES string of the molecule is CN=NNc1ccc2c(c1)c(Nc1cccc(C)c1)[n+](C)c[n+]2C.CS.O. The summed E-state index contributed by atoms with van der Waals surface area (Å²) in [4.78, 5) is 0. The van der Waals surface area contributed by atoms with Gasteiger partial charge < -0.3 is 5.48 Å². The number of aromatic nitrogens is 2. The maximum Gasteiger partial charge on any atom is 0.350 e. The molecule has 0 spiro atoms. The number of hydrogen-bond acceptors (Lipinski definition) is 4. The first-order chi connectivity index (χ1) is 12.6. The Labute approximate surface area is 165 Å². The van der Waals surface area contributed by atoms with Crippen LogP contribution >= 0.6 is 12.6 Å². The molecule has 1 heterocycles. The van der Waals surface area contributed by atoms with Crippen LogP contribution in [0.15, 0.2) is 59.1 Å². The molecule has 0 saturated heterocycles. The number of hydrogen-bond donors (Lipinski definition) is 3. The number of fused-ring (bicyclic) bond motifs is 1. The average Bonchev–Trinajstić information content (AvgIpc) is 2.65. The molecule has 0 aliphatic rings. The van der Waals surface area contributed by atoms with Gasteiger partial charge in [0.05, 0.1) is 12.7 Å². The molecule has 27 heavy (non-hydrogen) atoms. The lowest BCUT2D eigenvalue weighted by Gasteiger charge is -2.07. The third kappa shape index (κ3) is 5.38. The van der Waals surface area contributed by atoms with Gasteiger partial charge in [0.15, 0.2) is 11.2 Å². The Morgan fingerprint density at radius 2 is 1.70 bits per heavy atom. The molecule has 0 unspecified atom stereocenters. The van der Waals surface area contributed by atoms with Crippen molar-refractivity contribution in [1.82, 2.24) is 0 Å². The normalized spacial score (nSPS) is 10.1. The predicted molar refractivity (Wildman–Crippen MR) is 114 cm³/mol. The van der Waals surface area contributed by atoms with Crippen LogP contribution in [0.25, 0.3) is 10.9 Å². The van der Waals surface area contributed by atoms with Gasteiger partial charge >= 0.3 is 12.1 Å². The molecule has 3 rings (SSSR count). The van der Waals surface area contributed by atoms with E-state index < -0.39 is 0 Å². The molecule has 3 aromatic rings. The molecule has 0 amide bonds. The molecule has 0 saturated carbocycles. The van der Waals surface area contributed by atoms with Crippen LogP contribution in [-0.4, -0.2) is 18.8 Å². The Bertz CT molecular complexity index is 929. The van der Waals surface area contributed by atoms with E-state index in [0.717, 1.165) is 28.1 Å². The van der Waals surface area contributed by atoms with Crippen molar-refractivity contribution in [1.29, 1.82) is 0 Å². The summed E-state index contributed by atoms with van der Waals surface area (Å²) < 4.78 is 4.18. The molecular weight excluding hydrogens is 360 g/mol. The summed E-state index contributed by atoms with van der Waals surface area (Å²) in [7, 11) is 5.71. The molecule has 1 aromatic heterocycles. The quantitative estimate of drug-likeness (QED) is 0.278. The lowest BCUT2D eigenvalue weighted by molar-refractivity contribution is -0.783. The number of nitrogens with one attached hydrogen (secondary N) is 2. The first-order valence-corrected chi connectivity index (χ1v) is 9.13. The largest absolute Gasteiger partial charge is 0.412 e. The van der Waals surface area contributed by atoms with Gasteiger partial charge in [-0.05, 0) is 49.1 Å². The van der Waals surface area contributed by atoms with Gasteiger partial charge in [-0.15, -0.1) is 0 Å².